The molecule has 0 saturated heterocycles. The number of hydrogen-bond donors (Lipinski definition) is 2. The lowest BCUT2D eigenvalue weighted by Gasteiger charge is -2.12. The Bertz CT molecular complexity index is 1470. The molecule has 12 nitrogen and oxygen atoms in total. The molecule has 0 aliphatic heterocycles. The van der Waals surface area contributed by atoms with Crippen molar-refractivity contribution in [1.82, 2.24) is 18.9 Å². The number of rotatable bonds is 4. The molecular formula is C18H18N6O6S. The largest absolute Gasteiger partial charge is 0.414 e. The maximum Gasteiger partial charge on any atom is 0.414 e. The molecular weight excluding hydrogens is 428 g/mol. The van der Waals surface area contributed by atoms with Crippen LogP contribution < -0.4 is 20.8 Å². The highest BCUT2D eigenvalue weighted by Gasteiger charge is 2.27. The maximum absolute atomic E-state index is 12.7. The van der Waals surface area contributed by atoms with E-state index in [1.807, 2.05) is 6.07 Å². The quantitative estimate of drug-likeness (QED) is 0.583. The van der Waals surface area contributed by atoms with Gasteiger partial charge in [-0.2, -0.15) is 5.26 Å². The molecule has 0 saturated carbocycles. The third-order valence-electron chi connectivity index (χ3n) is 4.25. The van der Waals surface area contributed by atoms with Crippen molar-refractivity contribution >= 4 is 27.5 Å². The normalized spacial score (nSPS) is 11.2. The molecule has 0 bridgehead atoms. The minimum Gasteiger partial charge on any atom is -0.406 e. The Hall–Kier alpha value is -4.05. The Morgan fingerprint density at radius 3 is 2.55 bits per heavy atom. The number of aromatic amines is 1. The second-order valence-corrected chi connectivity index (χ2v) is 8.59. The van der Waals surface area contributed by atoms with Gasteiger partial charge < -0.3 is 9.64 Å². The number of anilines is 1. The van der Waals surface area contributed by atoms with Gasteiger partial charge in [-0.3, -0.25) is 9.71 Å². The molecule has 162 valence electrons. The second kappa shape index (κ2) is 7.65. The number of hydrogen-bond acceptors (Lipinski definition) is 7. The molecule has 1 aromatic carbocycles. The molecule has 2 heterocycles. The van der Waals surface area contributed by atoms with E-state index >= 15 is 0 Å². The molecule has 2 N–H and O–H groups in total. The molecule has 3 aromatic rings. The fourth-order valence-electron chi connectivity index (χ4n) is 2.88. The van der Waals surface area contributed by atoms with Crippen LogP contribution in [0.3, 0.4) is 0 Å². The predicted octanol–water partition coefficient (Wildman–Crippen LogP) is 0.297. The highest BCUT2D eigenvalue weighted by atomic mass is 32.2. The van der Waals surface area contributed by atoms with Gasteiger partial charge in [0, 0.05) is 26.8 Å². The maximum atomic E-state index is 12.7. The molecule has 0 aliphatic rings. The van der Waals surface area contributed by atoms with Crippen LogP contribution in [0.5, 0.6) is 5.75 Å². The number of sulfonamides is 1. The number of fused-ring (bicyclic) bond motifs is 1. The molecule has 1 amide bonds. The Kier molecular flexibility index (Phi) is 5.34. The molecule has 0 spiro atoms. The molecule has 3 rings (SSSR count). The fraction of sp³-hybridized carbons (Fsp3) is 0.222. The van der Waals surface area contributed by atoms with Gasteiger partial charge in [-0.15, -0.1) is 0 Å². The van der Waals surface area contributed by atoms with Gasteiger partial charge in [-0.25, -0.2) is 31.8 Å². The van der Waals surface area contributed by atoms with Crippen LogP contribution in [0.4, 0.5) is 10.5 Å². The zero-order valence-electron chi connectivity index (χ0n) is 17.0. The van der Waals surface area contributed by atoms with Crippen LogP contribution >= 0.6 is 0 Å². The monoisotopic (exact) mass is 446 g/mol. The molecule has 13 heteroatoms. The van der Waals surface area contributed by atoms with Crippen molar-refractivity contribution in [2.75, 3.05) is 25.1 Å². The van der Waals surface area contributed by atoms with Crippen molar-refractivity contribution in [2.45, 2.75) is 0 Å². The van der Waals surface area contributed by atoms with Crippen LogP contribution in [-0.4, -0.2) is 53.7 Å². The first-order valence-electron chi connectivity index (χ1n) is 8.69. The average molecular weight is 446 g/mol. The van der Waals surface area contributed by atoms with Crippen molar-refractivity contribution in [2.24, 2.45) is 7.05 Å². The lowest BCUT2D eigenvalue weighted by molar-refractivity contribution is 0.172. The van der Waals surface area contributed by atoms with Crippen molar-refractivity contribution in [3.05, 3.63) is 50.9 Å². The summed E-state index contributed by atoms with van der Waals surface area (Å²) in [6.07, 6.45) is 0.163. The number of aromatic nitrogens is 3. The standard InChI is InChI=1S/C18H18N6O6S/c1-22(2)18(27)30-14-13(10-6-5-7-11(8-10)21-31(4,28)29)12(9-19)24-15(14)20-16(25)23(3)17(24)26/h5-8,21H,1-4H3,(H,20,25). The fourth-order valence-corrected chi connectivity index (χ4v) is 3.44. The zero-order valence-corrected chi connectivity index (χ0v) is 17.8. The van der Waals surface area contributed by atoms with E-state index < -0.39 is 27.5 Å². The highest BCUT2D eigenvalue weighted by molar-refractivity contribution is 7.92. The number of amides is 1. The van der Waals surface area contributed by atoms with E-state index in [1.165, 1.54) is 39.3 Å². The van der Waals surface area contributed by atoms with Crippen LogP contribution in [0.15, 0.2) is 33.9 Å². The van der Waals surface area contributed by atoms with Crippen molar-refractivity contribution in [3.63, 3.8) is 0 Å². The van der Waals surface area contributed by atoms with E-state index in [4.69, 9.17) is 4.74 Å². The van der Waals surface area contributed by atoms with E-state index in [0.29, 0.717) is 0 Å². The van der Waals surface area contributed by atoms with Gasteiger partial charge in [0.15, 0.2) is 11.4 Å². The summed E-state index contributed by atoms with van der Waals surface area (Å²) in [7, 11) is 0.507. The van der Waals surface area contributed by atoms with Crippen LogP contribution in [0, 0.1) is 11.3 Å². The van der Waals surface area contributed by atoms with Crippen molar-refractivity contribution < 1.29 is 17.9 Å². The first kappa shape index (κ1) is 21.7. The highest BCUT2D eigenvalue weighted by Crippen LogP contribution is 2.38. The van der Waals surface area contributed by atoms with Crippen LogP contribution in [0.1, 0.15) is 5.69 Å². The zero-order chi connectivity index (χ0) is 23.1. The van der Waals surface area contributed by atoms with Crippen molar-refractivity contribution in [1.29, 1.82) is 5.26 Å². The number of benzene rings is 1. The Labute approximate surface area is 176 Å². The lowest BCUT2D eigenvalue weighted by atomic mass is 10.0. The topological polar surface area (TPSA) is 159 Å². The third-order valence-corrected chi connectivity index (χ3v) is 4.86. The van der Waals surface area contributed by atoms with Gasteiger partial charge in [-0.05, 0) is 17.7 Å². The van der Waals surface area contributed by atoms with Gasteiger partial charge in [-0.1, -0.05) is 12.1 Å². The van der Waals surface area contributed by atoms with Gasteiger partial charge in [0.2, 0.25) is 10.0 Å². The molecule has 0 atom stereocenters. The van der Waals surface area contributed by atoms with Gasteiger partial charge in [0.05, 0.1) is 11.8 Å². The number of nitriles is 1. The van der Waals surface area contributed by atoms with E-state index in [0.717, 1.165) is 20.1 Å². The molecule has 0 unspecified atom stereocenters. The van der Waals surface area contributed by atoms with E-state index in [-0.39, 0.29) is 33.9 Å². The molecule has 31 heavy (non-hydrogen) atoms. The van der Waals surface area contributed by atoms with E-state index in [1.54, 1.807) is 6.07 Å². The van der Waals surface area contributed by atoms with Gasteiger partial charge >= 0.3 is 17.5 Å². The first-order chi connectivity index (χ1) is 14.4. The summed E-state index contributed by atoms with van der Waals surface area (Å²) in [5.41, 5.74) is -1.49. The van der Waals surface area contributed by atoms with Gasteiger partial charge in [0.1, 0.15) is 11.8 Å². The smallest absolute Gasteiger partial charge is 0.406 e. The van der Waals surface area contributed by atoms with E-state index in [9.17, 15) is 28.1 Å². The number of carbonyl (C=O) groups is 1. The summed E-state index contributed by atoms with van der Waals surface area (Å²) in [6.45, 7) is 0. The lowest BCUT2D eigenvalue weighted by Crippen LogP contribution is -2.37. The summed E-state index contributed by atoms with van der Waals surface area (Å²) >= 11 is 0. The summed E-state index contributed by atoms with van der Waals surface area (Å²) in [5.74, 6) is -0.221. The SMILES string of the molecule is CN(C)C(=O)Oc1c(-c2cccc(NS(C)(=O)=O)c2)c(C#N)n2c(=O)n(C)c(=O)[nH]c12. The first-order valence-corrected chi connectivity index (χ1v) is 10.6. The average Bonchev–Trinajstić information content (AvgIpc) is 2.98. The molecule has 0 fully saturated rings. The summed E-state index contributed by atoms with van der Waals surface area (Å²) in [6, 6.07) is 7.85. The minimum atomic E-state index is -3.59. The summed E-state index contributed by atoms with van der Waals surface area (Å²) < 4.78 is 32.6. The number of carbonyl (C=O) groups excluding carboxylic acids is 1. The second-order valence-electron chi connectivity index (χ2n) is 6.84. The van der Waals surface area contributed by atoms with Crippen LogP contribution in [0.25, 0.3) is 16.8 Å². The van der Waals surface area contributed by atoms with Crippen LogP contribution in [-0.2, 0) is 17.1 Å². The number of nitrogens with zero attached hydrogens (tertiary/aromatic N) is 4. The Morgan fingerprint density at radius 1 is 1.29 bits per heavy atom. The minimum absolute atomic E-state index is 0.0359. The van der Waals surface area contributed by atoms with Gasteiger partial charge in [0.25, 0.3) is 0 Å². The predicted molar refractivity (Wildman–Crippen MR) is 112 cm³/mol. The summed E-state index contributed by atoms with van der Waals surface area (Å²) in [5, 5.41) is 9.80. The number of nitrogens with one attached hydrogen (secondary N) is 2. The molecule has 0 radical (unpaired) electrons. The van der Waals surface area contributed by atoms with E-state index in [2.05, 4.69) is 9.71 Å². The number of ether oxygens (including phenoxy) is 1. The molecule has 0 aliphatic carbocycles. The molecule has 2 aromatic heterocycles. The van der Waals surface area contributed by atoms with Crippen molar-refractivity contribution in [3.8, 4) is 22.9 Å². The number of H-pyrrole nitrogens is 1. The summed E-state index contributed by atoms with van der Waals surface area (Å²) in [4.78, 5) is 40.7. The Morgan fingerprint density at radius 2 is 1.97 bits per heavy atom. The third kappa shape index (κ3) is 4.01. The Balaban J connectivity index is 2.43. The van der Waals surface area contributed by atoms with Crippen LogP contribution in [0.2, 0.25) is 0 Å².